The predicted octanol–water partition coefficient (Wildman–Crippen LogP) is 3.07. The summed E-state index contributed by atoms with van der Waals surface area (Å²) >= 11 is 0. The van der Waals surface area contributed by atoms with Gasteiger partial charge in [-0.25, -0.2) is 0 Å². The normalized spacial score (nSPS) is 13.9. The van der Waals surface area contributed by atoms with Gasteiger partial charge in [0.2, 0.25) is 0 Å². The van der Waals surface area contributed by atoms with E-state index in [4.69, 9.17) is 9.15 Å². The maximum Gasteiger partial charge on any atom is 0.306 e. The first kappa shape index (κ1) is 19.7. The Hall–Kier alpha value is -3.09. The van der Waals surface area contributed by atoms with Crippen LogP contribution < -0.4 is 10.6 Å². The van der Waals surface area contributed by atoms with Crippen molar-refractivity contribution in [3.8, 4) is 0 Å². The summed E-state index contributed by atoms with van der Waals surface area (Å²) in [7, 11) is 0. The van der Waals surface area contributed by atoms with E-state index in [0.29, 0.717) is 23.4 Å². The molecule has 2 aromatic rings. The average molecular weight is 384 g/mol. The zero-order valence-corrected chi connectivity index (χ0v) is 15.6. The highest BCUT2D eigenvalue weighted by Gasteiger charge is 2.20. The standard InChI is InChI=1S/C21H24N2O5/c24-19(14-28-20(25)12-11-16-8-5-13-27-16)23-18-10-4-3-9-17(18)21(26)22-15-6-1-2-7-15/h3-5,8-10,13,15H,1-2,6-7,11-12,14H2,(H,22,26)(H,23,24). The predicted molar refractivity (Wildman–Crippen MR) is 103 cm³/mol. The molecule has 1 heterocycles. The lowest BCUT2D eigenvalue weighted by Crippen LogP contribution is -2.33. The maximum atomic E-state index is 12.5. The highest BCUT2D eigenvalue weighted by molar-refractivity contribution is 6.04. The minimum absolute atomic E-state index is 0.126. The third-order valence-corrected chi connectivity index (χ3v) is 4.66. The molecule has 1 aliphatic carbocycles. The van der Waals surface area contributed by atoms with Crippen LogP contribution in [-0.4, -0.2) is 30.4 Å². The highest BCUT2D eigenvalue weighted by Crippen LogP contribution is 2.20. The molecule has 1 aliphatic rings. The first-order valence-corrected chi connectivity index (χ1v) is 9.49. The number of aryl methyl sites for hydroxylation is 1. The van der Waals surface area contributed by atoms with Crippen molar-refractivity contribution in [2.45, 2.75) is 44.6 Å². The van der Waals surface area contributed by atoms with E-state index in [1.807, 2.05) is 0 Å². The van der Waals surface area contributed by atoms with Gasteiger partial charge < -0.3 is 19.8 Å². The molecule has 0 unspecified atom stereocenters. The van der Waals surface area contributed by atoms with E-state index in [1.54, 1.807) is 36.4 Å². The average Bonchev–Trinajstić information content (AvgIpc) is 3.39. The molecule has 1 saturated carbocycles. The molecule has 0 atom stereocenters. The molecule has 2 amide bonds. The summed E-state index contributed by atoms with van der Waals surface area (Å²) in [6, 6.07) is 10.5. The second-order valence-electron chi connectivity index (χ2n) is 6.79. The van der Waals surface area contributed by atoms with Crippen molar-refractivity contribution in [3.05, 3.63) is 54.0 Å². The van der Waals surface area contributed by atoms with Crippen LogP contribution in [0.15, 0.2) is 47.1 Å². The van der Waals surface area contributed by atoms with Gasteiger partial charge in [-0.2, -0.15) is 0 Å². The molecule has 2 N–H and O–H groups in total. The van der Waals surface area contributed by atoms with Crippen molar-refractivity contribution in [1.82, 2.24) is 5.32 Å². The number of rotatable bonds is 8. The molecule has 0 radical (unpaired) electrons. The highest BCUT2D eigenvalue weighted by atomic mass is 16.5. The molecule has 7 nitrogen and oxygen atoms in total. The Morgan fingerprint density at radius 2 is 1.86 bits per heavy atom. The zero-order valence-electron chi connectivity index (χ0n) is 15.6. The van der Waals surface area contributed by atoms with Crippen LogP contribution in [0.4, 0.5) is 5.69 Å². The van der Waals surface area contributed by atoms with Gasteiger partial charge in [0.05, 0.1) is 23.9 Å². The molecule has 0 aliphatic heterocycles. The number of ether oxygens (including phenoxy) is 1. The van der Waals surface area contributed by atoms with Gasteiger partial charge in [-0.05, 0) is 37.1 Å². The van der Waals surface area contributed by atoms with Crippen LogP contribution >= 0.6 is 0 Å². The Morgan fingerprint density at radius 1 is 1.07 bits per heavy atom. The smallest absolute Gasteiger partial charge is 0.306 e. The fourth-order valence-electron chi connectivity index (χ4n) is 3.21. The molecular weight excluding hydrogens is 360 g/mol. The lowest BCUT2D eigenvalue weighted by atomic mass is 10.1. The van der Waals surface area contributed by atoms with E-state index in [1.165, 1.54) is 6.26 Å². The van der Waals surface area contributed by atoms with Crippen LogP contribution in [-0.2, 0) is 20.7 Å². The molecule has 0 spiro atoms. The second-order valence-corrected chi connectivity index (χ2v) is 6.79. The molecule has 1 fully saturated rings. The van der Waals surface area contributed by atoms with Crippen molar-refractivity contribution in [1.29, 1.82) is 0 Å². The van der Waals surface area contributed by atoms with Crippen molar-refractivity contribution in [3.63, 3.8) is 0 Å². The van der Waals surface area contributed by atoms with Gasteiger partial charge in [0.1, 0.15) is 5.76 Å². The van der Waals surface area contributed by atoms with E-state index < -0.39 is 18.5 Å². The number of para-hydroxylation sites is 1. The minimum Gasteiger partial charge on any atom is -0.469 e. The van der Waals surface area contributed by atoms with Crippen molar-refractivity contribution in [2.24, 2.45) is 0 Å². The van der Waals surface area contributed by atoms with E-state index in [2.05, 4.69) is 10.6 Å². The zero-order chi connectivity index (χ0) is 19.8. The van der Waals surface area contributed by atoms with Crippen molar-refractivity contribution in [2.75, 3.05) is 11.9 Å². The second kappa shape index (κ2) is 9.73. The molecule has 1 aromatic carbocycles. The molecule has 3 rings (SSSR count). The van der Waals surface area contributed by atoms with E-state index in [9.17, 15) is 14.4 Å². The number of hydrogen-bond donors (Lipinski definition) is 2. The van der Waals surface area contributed by atoms with Crippen LogP contribution in [0.3, 0.4) is 0 Å². The summed E-state index contributed by atoms with van der Waals surface area (Å²) in [5, 5.41) is 5.65. The molecule has 1 aromatic heterocycles. The van der Waals surface area contributed by atoms with E-state index in [0.717, 1.165) is 25.7 Å². The van der Waals surface area contributed by atoms with Gasteiger partial charge in [-0.3, -0.25) is 14.4 Å². The molecule has 148 valence electrons. The lowest BCUT2D eigenvalue weighted by Gasteiger charge is -2.15. The topological polar surface area (TPSA) is 97.6 Å². The Kier molecular flexibility index (Phi) is 6.84. The molecule has 7 heteroatoms. The van der Waals surface area contributed by atoms with E-state index >= 15 is 0 Å². The van der Waals surface area contributed by atoms with Crippen LogP contribution in [0.5, 0.6) is 0 Å². The molecule has 28 heavy (non-hydrogen) atoms. The summed E-state index contributed by atoms with van der Waals surface area (Å²) in [5.74, 6) is -0.506. The molecule has 0 saturated heterocycles. The van der Waals surface area contributed by atoms with Gasteiger partial charge in [0, 0.05) is 12.5 Å². The van der Waals surface area contributed by atoms with Crippen LogP contribution in [0.1, 0.15) is 48.2 Å². The molecule has 0 bridgehead atoms. The largest absolute Gasteiger partial charge is 0.469 e. The Labute approximate surface area is 163 Å². The first-order chi connectivity index (χ1) is 13.6. The fraction of sp³-hybridized carbons (Fsp3) is 0.381. The Bertz CT molecular complexity index is 810. The van der Waals surface area contributed by atoms with Crippen molar-refractivity contribution < 1.29 is 23.5 Å². The lowest BCUT2D eigenvalue weighted by molar-refractivity contribution is -0.147. The maximum absolute atomic E-state index is 12.5. The summed E-state index contributed by atoms with van der Waals surface area (Å²) < 4.78 is 10.1. The Balaban J connectivity index is 1.48. The monoisotopic (exact) mass is 384 g/mol. The molecular formula is C21H24N2O5. The number of carbonyl (C=O) groups is 3. The minimum atomic E-state index is -0.493. The summed E-state index contributed by atoms with van der Waals surface area (Å²) in [6.07, 6.45) is 6.28. The number of hydrogen-bond acceptors (Lipinski definition) is 5. The number of nitrogens with one attached hydrogen (secondary N) is 2. The van der Waals surface area contributed by atoms with Crippen LogP contribution in [0.2, 0.25) is 0 Å². The number of benzene rings is 1. The quantitative estimate of drug-likeness (QED) is 0.682. The van der Waals surface area contributed by atoms with Gasteiger partial charge in [-0.15, -0.1) is 0 Å². The summed E-state index contributed by atoms with van der Waals surface area (Å²) in [4.78, 5) is 36.4. The number of anilines is 1. The van der Waals surface area contributed by atoms with Crippen LogP contribution in [0, 0.1) is 0 Å². The summed E-state index contributed by atoms with van der Waals surface area (Å²) in [5.41, 5.74) is 0.793. The van der Waals surface area contributed by atoms with Gasteiger partial charge in [0.15, 0.2) is 6.61 Å². The fourth-order valence-corrected chi connectivity index (χ4v) is 3.21. The van der Waals surface area contributed by atoms with Gasteiger partial charge in [-0.1, -0.05) is 25.0 Å². The third kappa shape index (κ3) is 5.70. The number of furan rings is 1. The van der Waals surface area contributed by atoms with Crippen molar-refractivity contribution >= 4 is 23.5 Å². The number of esters is 1. The Morgan fingerprint density at radius 3 is 2.61 bits per heavy atom. The first-order valence-electron chi connectivity index (χ1n) is 9.49. The summed E-state index contributed by atoms with van der Waals surface area (Å²) in [6.45, 7) is -0.407. The van der Waals surface area contributed by atoms with Gasteiger partial charge >= 0.3 is 5.97 Å². The number of carbonyl (C=O) groups excluding carboxylic acids is 3. The van der Waals surface area contributed by atoms with Crippen LogP contribution in [0.25, 0.3) is 0 Å². The van der Waals surface area contributed by atoms with E-state index in [-0.39, 0.29) is 18.4 Å². The van der Waals surface area contributed by atoms with Gasteiger partial charge in [0.25, 0.3) is 11.8 Å². The SMILES string of the molecule is O=C(COC(=O)CCc1ccco1)Nc1ccccc1C(=O)NC1CCCC1. The number of amides is 2. The third-order valence-electron chi connectivity index (χ3n) is 4.66.